The van der Waals surface area contributed by atoms with Gasteiger partial charge in [-0.05, 0) is 94.7 Å². The Bertz CT molecular complexity index is 1360. The number of fused-ring (bicyclic) bond motifs is 3. The molecule has 0 spiro atoms. The Morgan fingerprint density at radius 2 is 1.63 bits per heavy atom. The maximum Gasteiger partial charge on any atom is 0.107 e. The van der Waals surface area contributed by atoms with Crippen molar-refractivity contribution in [2.45, 2.75) is 69.3 Å². The van der Waals surface area contributed by atoms with Gasteiger partial charge in [-0.1, -0.05) is 92.8 Å². The highest BCUT2D eigenvalue weighted by Crippen LogP contribution is 2.54. The molecule has 0 saturated heterocycles. The van der Waals surface area contributed by atoms with Crippen molar-refractivity contribution in [2.75, 3.05) is 0 Å². The van der Waals surface area contributed by atoms with E-state index in [1.165, 1.54) is 58.2 Å². The molecule has 3 unspecified atom stereocenters. The number of hydrogen-bond acceptors (Lipinski definition) is 1. The van der Waals surface area contributed by atoms with Gasteiger partial charge in [-0.25, -0.2) is 0 Å². The molecule has 3 aliphatic rings. The first-order valence-corrected chi connectivity index (χ1v) is 16.3. The molecular weight excluding hydrogens is 440 g/mol. The van der Waals surface area contributed by atoms with E-state index in [2.05, 4.69) is 106 Å². The third-order valence-corrected chi connectivity index (χ3v) is 13.6. The SMILES string of the molecule is CC1=CC(O)([Si](C)(C)C2C=C(CC(C)c3ccccc3)c3cc4c(cc32)CCC4)c2ccccc21. The van der Waals surface area contributed by atoms with Crippen molar-refractivity contribution in [1.29, 1.82) is 0 Å². The first-order valence-electron chi connectivity index (χ1n) is 13.2. The van der Waals surface area contributed by atoms with Crippen molar-refractivity contribution in [3.05, 3.63) is 118 Å². The molecule has 0 aromatic heterocycles. The Balaban J connectivity index is 1.46. The summed E-state index contributed by atoms with van der Waals surface area (Å²) < 4.78 is 0. The molecule has 3 aromatic rings. The van der Waals surface area contributed by atoms with E-state index >= 15 is 0 Å². The predicted molar refractivity (Wildman–Crippen MR) is 150 cm³/mol. The first-order chi connectivity index (χ1) is 16.8. The molecule has 6 rings (SSSR count). The molecule has 0 amide bonds. The van der Waals surface area contributed by atoms with Gasteiger partial charge in [0.25, 0.3) is 0 Å². The first kappa shape index (κ1) is 22.8. The predicted octanol–water partition coefficient (Wildman–Crippen LogP) is 7.94. The van der Waals surface area contributed by atoms with Crippen LogP contribution < -0.4 is 0 Å². The van der Waals surface area contributed by atoms with Crippen LogP contribution in [-0.4, -0.2) is 13.2 Å². The minimum atomic E-state index is -2.31. The van der Waals surface area contributed by atoms with Gasteiger partial charge in [-0.2, -0.15) is 0 Å². The van der Waals surface area contributed by atoms with Crippen LogP contribution in [0.5, 0.6) is 0 Å². The lowest BCUT2D eigenvalue weighted by Crippen LogP contribution is -2.54. The van der Waals surface area contributed by atoms with Crippen LogP contribution in [-0.2, 0) is 18.1 Å². The minimum absolute atomic E-state index is 0.293. The fraction of sp³-hybridized carbons (Fsp3) is 0.333. The highest BCUT2D eigenvalue weighted by atomic mass is 28.3. The van der Waals surface area contributed by atoms with Gasteiger partial charge in [0.05, 0.1) is 5.22 Å². The molecule has 1 nitrogen and oxygen atoms in total. The van der Waals surface area contributed by atoms with Gasteiger partial charge in [-0.3, -0.25) is 0 Å². The van der Waals surface area contributed by atoms with E-state index in [-0.39, 0.29) is 0 Å². The summed E-state index contributed by atoms with van der Waals surface area (Å²) in [6, 6.07) is 24.4. The number of rotatable bonds is 5. The molecule has 3 aliphatic carbocycles. The molecular formula is C33H36OSi. The third-order valence-electron chi connectivity index (χ3n) is 9.16. The standard InChI is InChI=1S/C33H36OSi/c1-22(24-11-6-5-7-12-24)17-27-20-32(30-19-26-14-10-13-25(26)18-29(27)30)35(3,4)33(34)21-23(2)28-15-8-9-16-31(28)33/h5-9,11-12,15-16,18-22,32,34H,10,13-14,17H2,1-4H3. The van der Waals surface area contributed by atoms with E-state index in [1.807, 2.05) is 0 Å². The smallest absolute Gasteiger partial charge is 0.107 e. The van der Waals surface area contributed by atoms with E-state index in [9.17, 15) is 5.11 Å². The van der Waals surface area contributed by atoms with Crippen molar-refractivity contribution >= 4 is 19.2 Å². The molecule has 3 atom stereocenters. The molecule has 0 bridgehead atoms. The molecule has 1 N–H and O–H groups in total. The van der Waals surface area contributed by atoms with Crippen molar-refractivity contribution in [3.8, 4) is 0 Å². The van der Waals surface area contributed by atoms with Crippen LogP contribution >= 0.6 is 0 Å². The maximum atomic E-state index is 12.4. The second-order valence-electron chi connectivity index (χ2n) is 11.6. The van der Waals surface area contributed by atoms with Gasteiger partial charge in [0.15, 0.2) is 0 Å². The Morgan fingerprint density at radius 3 is 2.40 bits per heavy atom. The number of aliphatic hydroxyl groups is 1. The molecule has 0 aliphatic heterocycles. The molecule has 0 saturated carbocycles. The zero-order valence-corrected chi connectivity index (χ0v) is 22.4. The summed E-state index contributed by atoms with van der Waals surface area (Å²) in [6.45, 7) is 9.31. The molecule has 35 heavy (non-hydrogen) atoms. The quantitative estimate of drug-likeness (QED) is 0.371. The molecule has 0 heterocycles. The fourth-order valence-corrected chi connectivity index (χ4v) is 10.6. The van der Waals surface area contributed by atoms with Gasteiger partial charge in [0.1, 0.15) is 8.07 Å². The van der Waals surface area contributed by atoms with Crippen LogP contribution in [0, 0.1) is 0 Å². The summed E-state index contributed by atoms with van der Waals surface area (Å²) in [7, 11) is -2.31. The lowest BCUT2D eigenvalue weighted by molar-refractivity contribution is 0.168. The van der Waals surface area contributed by atoms with Crippen LogP contribution in [0.4, 0.5) is 0 Å². The molecule has 3 aromatic carbocycles. The van der Waals surface area contributed by atoms with Crippen molar-refractivity contribution in [2.24, 2.45) is 0 Å². The molecule has 178 valence electrons. The minimum Gasteiger partial charge on any atom is -0.385 e. The average Bonchev–Trinajstić information content (AvgIpc) is 3.54. The normalized spacial score (nSPS) is 23.4. The third kappa shape index (κ3) is 3.45. The number of benzene rings is 3. The van der Waals surface area contributed by atoms with Crippen molar-refractivity contribution in [1.82, 2.24) is 0 Å². The fourth-order valence-electron chi connectivity index (χ4n) is 6.96. The summed E-state index contributed by atoms with van der Waals surface area (Å²) in [5, 5.41) is 11.6. The zero-order chi connectivity index (χ0) is 24.4. The van der Waals surface area contributed by atoms with E-state index < -0.39 is 13.3 Å². The molecule has 0 fully saturated rings. The summed E-state index contributed by atoms with van der Waals surface area (Å²) >= 11 is 0. The van der Waals surface area contributed by atoms with Gasteiger partial charge >= 0.3 is 0 Å². The Labute approximate surface area is 211 Å². The Morgan fingerprint density at radius 1 is 0.943 bits per heavy atom. The average molecular weight is 477 g/mol. The summed E-state index contributed by atoms with van der Waals surface area (Å²) in [4.78, 5) is 0. The second-order valence-corrected chi connectivity index (χ2v) is 16.4. The lowest BCUT2D eigenvalue weighted by Gasteiger charge is -2.42. The van der Waals surface area contributed by atoms with Crippen molar-refractivity contribution < 1.29 is 5.11 Å². The number of aryl methyl sites for hydroxylation is 2. The highest BCUT2D eigenvalue weighted by Gasteiger charge is 2.54. The van der Waals surface area contributed by atoms with Crippen LogP contribution in [0.15, 0.2) is 78.9 Å². The van der Waals surface area contributed by atoms with Gasteiger partial charge < -0.3 is 5.11 Å². The summed E-state index contributed by atoms with van der Waals surface area (Å²) in [5.41, 5.74) is 12.7. The molecule has 0 radical (unpaired) electrons. The summed E-state index contributed by atoms with van der Waals surface area (Å²) in [5.74, 6) is 0.463. The molecule has 2 heteroatoms. The van der Waals surface area contributed by atoms with Crippen molar-refractivity contribution in [3.63, 3.8) is 0 Å². The lowest BCUT2D eigenvalue weighted by atomic mass is 9.90. The van der Waals surface area contributed by atoms with Gasteiger partial charge in [0.2, 0.25) is 0 Å². The zero-order valence-electron chi connectivity index (χ0n) is 21.4. The maximum absolute atomic E-state index is 12.4. The van der Waals surface area contributed by atoms with Crippen LogP contribution in [0.2, 0.25) is 13.1 Å². The second kappa shape index (κ2) is 8.18. The summed E-state index contributed by atoms with van der Waals surface area (Å²) in [6.07, 6.45) is 9.44. The van der Waals surface area contributed by atoms with E-state index in [0.717, 1.165) is 12.0 Å². The largest absolute Gasteiger partial charge is 0.385 e. The monoisotopic (exact) mass is 476 g/mol. The topological polar surface area (TPSA) is 20.2 Å². The Hall–Kier alpha value is -2.68. The number of hydrogen-bond donors (Lipinski definition) is 1. The highest BCUT2D eigenvalue weighted by molar-refractivity contribution is 6.82. The van der Waals surface area contributed by atoms with Gasteiger partial charge in [-0.15, -0.1) is 0 Å². The van der Waals surface area contributed by atoms with Gasteiger partial charge in [0, 0.05) is 5.54 Å². The van der Waals surface area contributed by atoms with Crippen LogP contribution in [0.25, 0.3) is 11.1 Å². The Kier molecular flexibility index (Phi) is 5.32. The van der Waals surface area contributed by atoms with E-state index in [1.54, 1.807) is 5.56 Å². The van der Waals surface area contributed by atoms with Crippen LogP contribution in [0.3, 0.4) is 0 Å². The van der Waals surface area contributed by atoms with Crippen LogP contribution in [0.1, 0.15) is 77.1 Å². The number of allylic oxidation sites excluding steroid dienone is 3. The van der Waals surface area contributed by atoms with E-state index in [0.29, 0.717) is 11.5 Å². The van der Waals surface area contributed by atoms with E-state index in [4.69, 9.17) is 0 Å².